The summed E-state index contributed by atoms with van der Waals surface area (Å²) in [6.45, 7) is 4.38. The van der Waals surface area contributed by atoms with Crippen molar-refractivity contribution in [2.24, 2.45) is 0 Å². The molecule has 3 heterocycles. The first-order valence-corrected chi connectivity index (χ1v) is 12.8. The van der Waals surface area contributed by atoms with Crippen LogP contribution in [0.4, 0.5) is 14.9 Å². The standard InChI is InChI=1S/C31H28FN5O/c1-3-22-15-17-23(18-16-22)29-28-14-9-19-35(28)30-25(21(2)34-37(30)24-10-5-4-6-11-24)20-36(29)31(38)33-27-13-8-7-12-26(27)32/h4-19,29H,3,20H2,1-2H3,(H,33,38)/t29-/m1/s1. The van der Waals surface area contributed by atoms with E-state index in [0.29, 0.717) is 6.54 Å². The number of fused-ring (bicyclic) bond motifs is 3. The molecule has 7 heteroatoms. The van der Waals surface area contributed by atoms with E-state index >= 15 is 0 Å². The first-order chi connectivity index (χ1) is 18.5. The fourth-order valence-electron chi connectivity index (χ4n) is 5.19. The molecule has 1 atom stereocenters. The molecule has 2 aromatic heterocycles. The number of aromatic nitrogens is 3. The van der Waals surface area contributed by atoms with Crippen LogP contribution in [0.2, 0.25) is 0 Å². The number of urea groups is 1. The second-order valence-corrected chi connectivity index (χ2v) is 9.47. The predicted octanol–water partition coefficient (Wildman–Crippen LogP) is 6.81. The van der Waals surface area contributed by atoms with Gasteiger partial charge in [0, 0.05) is 11.8 Å². The third-order valence-electron chi connectivity index (χ3n) is 7.17. The molecular formula is C31H28FN5O. The Morgan fingerprint density at radius 2 is 1.71 bits per heavy atom. The molecule has 1 N–H and O–H groups in total. The summed E-state index contributed by atoms with van der Waals surface area (Å²) in [5, 5.41) is 7.69. The molecule has 0 saturated heterocycles. The van der Waals surface area contributed by atoms with E-state index in [1.54, 1.807) is 23.1 Å². The summed E-state index contributed by atoms with van der Waals surface area (Å²) in [4.78, 5) is 15.7. The summed E-state index contributed by atoms with van der Waals surface area (Å²) in [6.07, 6.45) is 2.94. The van der Waals surface area contributed by atoms with Crippen LogP contribution in [-0.4, -0.2) is 25.3 Å². The topological polar surface area (TPSA) is 55.1 Å². The lowest BCUT2D eigenvalue weighted by Crippen LogP contribution is -2.38. The van der Waals surface area contributed by atoms with E-state index in [-0.39, 0.29) is 11.7 Å². The molecule has 2 amide bonds. The van der Waals surface area contributed by atoms with E-state index in [1.807, 2.05) is 60.3 Å². The Kier molecular flexibility index (Phi) is 6.04. The van der Waals surface area contributed by atoms with Crippen molar-refractivity contribution < 1.29 is 9.18 Å². The maximum Gasteiger partial charge on any atom is 0.323 e. The van der Waals surface area contributed by atoms with Crippen molar-refractivity contribution in [3.05, 3.63) is 131 Å². The molecule has 0 unspecified atom stereocenters. The normalized spacial score (nSPS) is 14.5. The van der Waals surface area contributed by atoms with Gasteiger partial charge < -0.3 is 14.8 Å². The first kappa shape index (κ1) is 23.7. The summed E-state index contributed by atoms with van der Waals surface area (Å²) < 4.78 is 18.6. The molecule has 1 aliphatic heterocycles. The van der Waals surface area contributed by atoms with E-state index in [9.17, 15) is 9.18 Å². The number of halogens is 1. The zero-order chi connectivity index (χ0) is 26.2. The van der Waals surface area contributed by atoms with Crippen molar-refractivity contribution in [2.45, 2.75) is 32.9 Å². The number of hydrogen-bond donors (Lipinski definition) is 1. The second-order valence-electron chi connectivity index (χ2n) is 9.47. The molecule has 190 valence electrons. The molecule has 0 saturated carbocycles. The van der Waals surface area contributed by atoms with Crippen LogP contribution in [0.25, 0.3) is 11.5 Å². The third kappa shape index (κ3) is 4.06. The Morgan fingerprint density at radius 1 is 0.974 bits per heavy atom. The smallest absolute Gasteiger partial charge is 0.307 e. The van der Waals surface area contributed by atoms with Crippen molar-refractivity contribution >= 4 is 11.7 Å². The Balaban J connectivity index is 1.53. The van der Waals surface area contributed by atoms with Crippen molar-refractivity contribution in [1.82, 2.24) is 19.2 Å². The van der Waals surface area contributed by atoms with E-state index < -0.39 is 11.9 Å². The Bertz CT molecular complexity index is 1600. The van der Waals surface area contributed by atoms with E-state index in [4.69, 9.17) is 5.10 Å². The van der Waals surface area contributed by atoms with Gasteiger partial charge in [0.15, 0.2) is 0 Å². The summed E-state index contributed by atoms with van der Waals surface area (Å²) in [6, 6.07) is 27.8. The molecule has 0 radical (unpaired) electrons. The Hall–Kier alpha value is -4.65. The number of para-hydroxylation sites is 2. The molecule has 5 aromatic rings. The number of carbonyl (C=O) groups is 1. The largest absolute Gasteiger partial charge is 0.323 e. The van der Waals surface area contributed by atoms with Crippen molar-refractivity contribution in [3.63, 3.8) is 0 Å². The van der Waals surface area contributed by atoms with Crippen LogP contribution in [-0.2, 0) is 13.0 Å². The minimum Gasteiger partial charge on any atom is -0.307 e. The highest BCUT2D eigenvalue weighted by Gasteiger charge is 2.36. The second kappa shape index (κ2) is 9.67. The van der Waals surface area contributed by atoms with Gasteiger partial charge in [-0.25, -0.2) is 13.9 Å². The number of benzene rings is 3. The maximum atomic E-state index is 14.5. The number of nitrogens with zero attached hydrogens (tertiary/aromatic N) is 4. The highest BCUT2D eigenvalue weighted by molar-refractivity contribution is 5.90. The summed E-state index contributed by atoms with van der Waals surface area (Å²) in [5.41, 5.74) is 5.97. The number of aryl methyl sites for hydroxylation is 2. The van der Waals surface area contributed by atoms with Crippen LogP contribution in [0, 0.1) is 12.7 Å². The summed E-state index contributed by atoms with van der Waals surface area (Å²) in [5.74, 6) is 0.418. The van der Waals surface area contributed by atoms with Crippen LogP contribution in [0.5, 0.6) is 0 Å². The van der Waals surface area contributed by atoms with Crippen molar-refractivity contribution in [3.8, 4) is 11.5 Å². The molecule has 0 fully saturated rings. The average Bonchev–Trinajstić information content (AvgIpc) is 3.51. The molecule has 3 aromatic carbocycles. The zero-order valence-electron chi connectivity index (χ0n) is 21.3. The minimum atomic E-state index is -0.475. The SMILES string of the molecule is CCc1ccc([C@@H]2c3cccn3-c3c(c(C)nn3-c3ccccc3)CN2C(=O)Nc2ccccc2F)cc1. The fraction of sp³-hybridized carbons (Fsp3) is 0.161. The Morgan fingerprint density at radius 3 is 2.45 bits per heavy atom. The van der Waals surface area contributed by atoms with Gasteiger partial charge in [0.1, 0.15) is 11.6 Å². The highest BCUT2D eigenvalue weighted by atomic mass is 19.1. The molecule has 0 bridgehead atoms. The quantitative estimate of drug-likeness (QED) is 0.292. The number of anilines is 1. The number of nitrogens with one attached hydrogen (secondary N) is 1. The summed E-state index contributed by atoms with van der Waals surface area (Å²) in [7, 11) is 0. The number of hydrogen-bond acceptors (Lipinski definition) is 2. The average molecular weight is 506 g/mol. The van der Waals surface area contributed by atoms with Crippen LogP contribution < -0.4 is 5.32 Å². The van der Waals surface area contributed by atoms with Gasteiger partial charge in [-0.1, -0.05) is 61.5 Å². The van der Waals surface area contributed by atoms with Crippen molar-refractivity contribution in [2.75, 3.05) is 5.32 Å². The number of amides is 2. The molecule has 1 aliphatic rings. The zero-order valence-corrected chi connectivity index (χ0v) is 21.3. The van der Waals surface area contributed by atoms with E-state index in [0.717, 1.165) is 40.4 Å². The molecule has 0 aliphatic carbocycles. The van der Waals surface area contributed by atoms with Crippen molar-refractivity contribution in [1.29, 1.82) is 0 Å². The monoisotopic (exact) mass is 505 g/mol. The predicted molar refractivity (Wildman–Crippen MR) is 146 cm³/mol. The fourth-order valence-corrected chi connectivity index (χ4v) is 5.19. The molecule has 6 rings (SSSR count). The third-order valence-corrected chi connectivity index (χ3v) is 7.17. The van der Waals surface area contributed by atoms with E-state index in [1.165, 1.54) is 11.6 Å². The summed E-state index contributed by atoms with van der Waals surface area (Å²) >= 11 is 0. The maximum absolute atomic E-state index is 14.5. The molecule has 6 nitrogen and oxygen atoms in total. The molecule has 0 spiro atoms. The minimum absolute atomic E-state index is 0.147. The van der Waals surface area contributed by atoms with Crippen LogP contribution in [0.1, 0.15) is 41.0 Å². The van der Waals surface area contributed by atoms with Crippen LogP contribution in [0.15, 0.2) is 97.2 Å². The van der Waals surface area contributed by atoms with Crippen LogP contribution in [0.3, 0.4) is 0 Å². The lowest BCUT2D eigenvalue weighted by molar-refractivity contribution is 0.194. The lowest BCUT2D eigenvalue weighted by Gasteiger charge is -2.31. The molecule has 38 heavy (non-hydrogen) atoms. The van der Waals surface area contributed by atoms with Gasteiger partial charge >= 0.3 is 6.03 Å². The van der Waals surface area contributed by atoms with Gasteiger partial charge in [-0.15, -0.1) is 0 Å². The first-order valence-electron chi connectivity index (χ1n) is 12.8. The number of rotatable bonds is 4. The van der Waals surface area contributed by atoms with Gasteiger partial charge in [-0.2, -0.15) is 5.10 Å². The number of carbonyl (C=O) groups excluding carboxylic acids is 1. The van der Waals surface area contributed by atoms with Crippen LogP contribution >= 0.6 is 0 Å². The van der Waals surface area contributed by atoms with Gasteiger partial charge in [0.05, 0.1) is 35.3 Å². The van der Waals surface area contributed by atoms with Gasteiger partial charge in [0.2, 0.25) is 0 Å². The van der Waals surface area contributed by atoms with Gasteiger partial charge in [0.25, 0.3) is 0 Å². The Labute approximate surface area is 221 Å². The molecular weight excluding hydrogens is 477 g/mol. The lowest BCUT2D eigenvalue weighted by atomic mass is 9.99. The van der Waals surface area contributed by atoms with Gasteiger partial charge in [-0.3, -0.25) is 0 Å². The highest BCUT2D eigenvalue weighted by Crippen LogP contribution is 2.39. The van der Waals surface area contributed by atoms with E-state index in [2.05, 4.69) is 41.1 Å². The van der Waals surface area contributed by atoms with Gasteiger partial charge in [-0.05, 0) is 60.9 Å².